The van der Waals surface area contributed by atoms with Gasteiger partial charge in [0.25, 0.3) is 0 Å². The molecule has 0 atom stereocenters. The first-order valence-electron chi connectivity index (χ1n) is 20.8. The minimum atomic E-state index is -0.329. The average molecular weight is 833 g/mol. The van der Waals surface area contributed by atoms with E-state index in [4.69, 9.17) is 34.3 Å². The van der Waals surface area contributed by atoms with Crippen molar-refractivity contribution in [2.75, 3.05) is 0 Å². The van der Waals surface area contributed by atoms with E-state index in [0.717, 1.165) is 66.4 Å². The third-order valence-corrected chi connectivity index (χ3v) is 11.1. The summed E-state index contributed by atoms with van der Waals surface area (Å²) in [5, 5.41) is 1.96. The molecule has 10 aromatic rings. The van der Waals surface area contributed by atoms with Crippen molar-refractivity contribution in [3.8, 4) is 79.2 Å². The van der Waals surface area contributed by atoms with Crippen LogP contribution in [-0.4, -0.2) is 29.9 Å². The molecule has 7 nitrogen and oxygen atoms in total. The van der Waals surface area contributed by atoms with Crippen LogP contribution in [0.25, 0.3) is 107 Å². The van der Waals surface area contributed by atoms with Crippen LogP contribution in [0, 0.1) is 5.82 Å². The maximum atomic E-state index is 14.2. The highest BCUT2D eigenvalue weighted by Gasteiger charge is 2.17. The lowest BCUT2D eigenvalue weighted by Gasteiger charge is -2.10. The fourth-order valence-electron chi connectivity index (χ4n) is 7.86. The maximum Gasteiger partial charge on any atom is 0.164 e. The molecule has 0 aliphatic heterocycles. The van der Waals surface area contributed by atoms with Crippen LogP contribution < -0.4 is 0 Å². The molecule has 3 heterocycles. The molecule has 0 radical (unpaired) electrons. The first-order valence-corrected chi connectivity index (χ1v) is 20.8. The summed E-state index contributed by atoms with van der Waals surface area (Å²) in [4.78, 5) is 29.2. The SMILES string of the molecule is FC1=CC=C(c2nc(-c3ccccc3)nc(-c3cccc(-c4ccc5oc6ccc(-c7cccc(-c8nc(-c9ccccc9)nc(-c9ccc(F)cc9)n8)c7)cc6c5c4)c3)n2)C=CC1. The average Bonchev–Trinajstić information content (AvgIpc) is 3.58. The Hall–Kier alpha value is -8.56. The van der Waals surface area contributed by atoms with Gasteiger partial charge >= 0.3 is 0 Å². The van der Waals surface area contributed by atoms with Crippen LogP contribution in [0.15, 0.2) is 204 Å². The molecule has 11 rings (SSSR count). The molecule has 0 amide bonds. The highest BCUT2D eigenvalue weighted by molar-refractivity contribution is 6.07. The standard InChI is InChI=1S/C55H34F2N6O/c56-44-19-9-14-36(20-25-44)52-58-50(34-10-3-1-4-11-34)60-54(62-52)42-17-7-15-38(30-42)40-23-28-48-46(32-40)47-33-41(24-29-49(47)64-48)39-16-8-18-43(31-39)55-61-51(35-12-5-2-6-13-35)59-53(63-55)37-21-26-45(57)27-22-37/h1-18,20-33H,19H2. The summed E-state index contributed by atoms with van der Waals surface area (Å²) < 4.78 is 34.4. The number of rotatable bonds is 8. The third-order valence-electron chi connectivity index (χ3n) is 11.1. The molecule has 0 saturated heterocycles. The summed E-state index contributed by atoms with van der Waals surface area (Å²) in [7, 11) is 0. The number of benzene rings is 7. The molecule has 9 heteroatoms. The second-order valence-corrected chi connectivity index (χ2v) is 15.4. The molecular weight excluding hydrogens is 799 g/mol. The van der Waals surface area contributed by atoms with Crippen molar-refractivity contribution in [3.05, 3.63) is 212 Å². The Labute approximate surface area is 366 Å². The van der Waals surface area contributed by atoms with Gasteiger partial charge in [0.15, 0.2) is 34.9 Å². The van der Waals surface area contributed by atoms with Gasteiger partial charge in [-0.05, 0) is 95.1 Å². The summed E-state index contributed by atoms with van der Waals surface area (Å²) in [6.07, 6.45) is 7.02. The number of aromatic nitrogens is 6. The van der Waals surface area contributed by atoms with Crippen LogP contribution in [0.1, 0.15) is 12.2 Å². The van der Waals surface area contributed by atoms with Crippen LogP contribution >= 0.6 is 0 Å². The molecule has 0 bridgehead atoms. The topological polar surface area (TPSA) is 90.5 Å². The van der Waals surface area contributed by atoms with Crippen molar-refractivity contribution < 1.29 is 13.2 Å². The van der Waals surface area contributed by atoms with Gasteiger partial charge in [0.1, 0.15) is 22.8 Å². The first-order chi connectivity index (χ1) is 31.5. The monoisotopic (exact) mass is 832 g/mol. The fraction of sp³-hybridized carbons (Fsp3) is 0.0182. The summed E-state index contributed by atoms with van der Waals surface area (Å²) in [6, 6.07) is 54.4. The van der Waals surface area contributed by atoms with E-state index < -0.39 is 0 Å². The van der Waals surface area contributed by atoms with Crippen molar-refractivity contribution >= 4 is 27.5 Å². The van der Waals surface area contributed by atoms with E-state index in [0.29, 0.717) is 46.1 Å². The number of fused-ring (bicyclic) bond motifs is 3. The van der Waals surface area contributed by atoms with Crippen LogP contribution in [0.5, 0.6) is 0 Å². The molecule has 0 N–H and O–H groups in total. The van der Waals surface area contributed by atoms with E-state index in [1.165, 1.54) is 18.2 Å². The normalized spacial score (nSPS) is 12.6. The highest BCUT2D eigenvalue weighted by atomic mass is 19.1. The summed E-state index contributed by atoms with van der Waals surface area (Å²) >= 11 is 0. The van der Waals surface area contributed by atoms with E-state index in [9.17, 15) is 8.78 Å². The van der Waals surface area contributed by atoms with Crippen LogP contribution in [-0.2, 0) is 0 Å². The molecule has 304 valence electrons. The highest BCUT2D eigenvalue weighted by Crippen LogP contribution is 2.37. The zero-order valence-electron chi connectivity index (χ0n) is 34.0. The summed E-state index contributed by atoms with van der Waals surface area (Å²) in [5.74, 6) is 2.44. The Morgan fingerprint density at radius 1 is 0.359 bits per heavy atom. The van der Waals surface area contributed by atoms with Gasteiger partial charge in [-0.1, -0.05) is 121 Å². The Morgan fingerprint density at radius 3 is 1.28 bits per heavy atom. The van der Waals surface area contributed by atoms with Crippen molar-refractivity contribution in [1.82, 2.24) is 29.9 Å². The predicted molar refractivity (Wildman–Crippen MR) is 249 cm³/mol. The van der Waals surface area contributed by atoms with Gasteiger partial charge in [-0.25, -0.2) is 38.7 Å². The smallest absolute Gasteiger partial charge is 0.164 e. The number of allylic oxidation sites excluding steroid dienone is 6. The minimum Gasteiger partial charge on any atom is -0.456 e. The Morgan fingerprint density at radius 2 is 0.766 bits per heavy atom. The maximum absolute atomic E-state index is 14.2. The lowest BCUT2D eigenvalue weighted by molar-refractivity contribution is 0.618. The number of furan rings is 1. The van der Waals surface area contributed by atoms with Crippen LogP contribution in [0.3, 0.4) is 0 Å². The molecule has 1 aliphatic rings. The number of hydrogen-bond acceptors (Lipinski definition) is 7. The van der Waals surface area contributed by atoms with Gasteiger partial charge in [0.05, 0.1) is 0 Å². The van der Waals surface area contributed by atoms with E-state index in [2.05, 4.69) is 48.5 Å². The zero-order chi connectivity index (χ0) is 43.0. The van der Waals surface area contributed by atoms with Gasteiger partial charge in [-0.2, -0.15) is 0 Å². The molecule has 3 aromatic heterocycles. The fourth-order valence-corrected chi connectivity index (χ4v) is 7.86. The quantitative estimate of drug-likeness (QED) is 0.151. The summed E-state index contributed by atoms with van der Waals surface area (Å²) in [6.45, 7) is 0. The van der Waals surface area contributed by atoms with Gasteiger partial charge in [0.2, 0.25) is 0 Å². The molecule has 1 aliphatic carbocycles. The molecule has 7 aromatic carbocycles. The second-order valence-electron chi connectivity index (χ2n) is 15.4. The molecule has 64 heavy (non-hydrogen) atoms. The Bertz CT molecular complexity index is 3490. The summed E-state index contributed by atoms with van der Waals surface area (Å²) in [5.41, 5.74) is 10.2. The van der Waals surface area contributed by atoms with Crippen molar-refractivity contribution in [1.29, 1.82) is 0 Å². The predicted octanol–water partition coefficient (Wildman–Crippen LogP) is 14.0. The minimum absolute atomic E-state index is 0.218. The first kappa shape index (κ1) is 38.4. The van der Waals surface area contributed by atoms with E-state index in [1.54, 1.807) is 24.3 Å². The molecular formula is C55H34F2N6O. The van der Waals surface area contributed by atoms with Crippen LogP contribution in [0.4, 0.5) is 8.78 Å². The second kappa shape index (κ2) is 16.4. The van der Waals surface area contributed by atoms with E-state index in [1.807, 2.05) is 103 Å². The number of nitrogens with zero attached hydrogens (tertiary/aromatic N) is 6. The Kier molecular flexibility index (Phi) is 9.82. The van der Waals surface area contributed by atoms with Gasteiger partial charge in [0, 0.05) is 50.6 Å². The van der Waals surface area contributed by atoms with Crippen LogP contribution in [0.2, 0.25) is 0 Å². The van der Waals surface area contributed by atoms with Crippen molar-refractivity contribution in [2.24, 2.45) is 0 Å². The number of hydrogen-bond donors (Lipinski definition) is 0. The van der Waals surface area contributed by atoms with Gasteiger partial charge < -0.3 is 4.42 Å². The molecule has 0 saturated carbocycles. The number of halogens is 2. The van der Waals surface area contributed by atoms with E-state index >= 15 is 0 Å². The van der Waals surface area contributed by atoms with Crippen molar-refractivity contribution in [3.63, 3.8) is 0 Å². The molecule has 0 fully saturated rings. The third kappa shape index (κ3) is 7.67. The lowest BCUT2D eigenvalue weighted by atomic mass is 9.98. The lowest BCUT2D eigenvalue weighted by Crippen LogP contribution is -2.02. The molecule has 0 spiro atoms. The van der Waals surface area contributed by atoms with Gasteiger partial charge in [-0.15, -0.1) is 0 Å². The van der Waals surface area contributed by atoms with Crippen molar-refractivity contribution in [2.45, 2.75) is 6.42 Å². The Balaban J connectivity index is 0.958. The molecule has 0 unspecified atom stereocenters. The largest absolute Gasteiger partial charge is 0.456 e. The van der Waals surface area contributed by atoms with Gasteiger partial charge in [-0.3, -0.25) is 0 Å². The zero-order valence-corrected chi connectivity index (χ0v) is 34.0. The van der Waals surface area contributed by atoms with E-state index in [-0.39, 0.29) is 18.1 Å².